The highest BCUT2D eigenvalue weighted by molar-refractivity contribution is 9.09. The first-order chi connectivity index (χ1) is 18.3. The van der Waals surface area contributed by atoms with E-state index in [9.17, 15) is 4.79 Å². The standard InChI is InChI=1S/C29H20Br2Cl4O3/c30-15-25(23-11-9-21(13-27(23)34)37-19-5-1-17(32)2-6-19)29(36)26(16-31)24-12-10-22(14-28(24)35)38-20-7-3-18(33)4-8-20/h1-14,25-26H,15-16H2. The average Bonchev–Trinajstić information content (AvgIpc) is 2.90. The van der Waals surface area contributed by atoms with Crippen LogP contribution in [0.5, 0.6) is 23.0 Å². The Labute approximate surface area is 258 Å². The van der Waals surface area contributed by atoms with Crippen LogP contribution in [0.25, 0.3) is 0 Å². The number of ether oxygens (including phenoxy) is 2. The summed E-state index contributed by atoms with van der Waals surface area (Å²) in [5.74, 6) is 1.33. The van der Waals surface area contributed by atoms with Gasteiger partial charge in [-0.15, -0.1) is 0 Å². The van der Waals surface area contributed by atoms with Crippen molar-refractivity contribution in [1.82, 2.24) is 0 Å². The fourth-order valence-corrected chi connectivity index (χ4v) is 6.05. The summed E-state index contributed by atoms with van der Waals surface area (Å²) in [4.78, 5) is 13.8. The SMILES string of the molecule is O=C(C(CBr)c1ccc(Oc2ccc(Cl)cc2)cc1Cl)C(CBr)c1ccc(Oc2ccc(Cl)cc2)cc1Cl. The summed E-state index contributed by atoms with van der Waals surface area (Å²) in [5, 5.41) is 2.88. The molecule has 3 nitrogen and oxygen atoms in total. The number of carbonyl (C=O) groups excluding carboxylic acids is 1. The lowest BCUT2D eigenvalue weighted by molar-refractivity contribution is -0.121. The summed E-state index contributed by atoms with van der Waals surface area (Å²) in [5.41, 5.74) is 1.39. The summed E-state index contributed by atoms with van der Waals surface area (Å²) in [6, 6.07) is 24.7. The molecule has 0 aliphatic rings. The van der Waals surface area contributed by atoms with Crippen LogP contribution in [0.4, 0.5) is 0 Å². The van der Waals surface area contributed by atoms with Gasteiger partial charge in [0.2, 0.25) is 0 Å². The van der Waals surface area contributed by atoms with Crippen molar-refractivity contribution >= 4 is 84.0 Å². The minimum absolute atomic E-state index is 0.0275. The summed E-state index contributed by atoms with van der Waals surface area (Å²) >= 11 is 32.2. The second kappa shape index (κ2) is 13.6. The van der Waals surface area contributed by atoms with Gasteiger partial charge in [-0.1, -0.05) is 90.4 Å². The van der Waals surface area contributed by atoms with Gasteiger partial charge >= 0.3 is 0 Å². The monoisotopic (exact) mass is 714 g/mol. The maximum Gasteiger partial charge on any atom is 0.149 e. The predicted octanol–water partition coefficient (Wildman–Crippen LogP) is 11.1. The lowest BCUT2D eigenvalue weighted by Gasteiger charge is -2.22. The zero-order valence-corrected chi connectivity index (χ0v) is 25.8. The fourth-order valence-electron chi connectivity index (χ4n) is 3.85. The van der Waals surface area contributed by atoms with Crippen LogP contribution in [0.3, 0.4) is 0 Å². The molecule has 0 aliphatic heterocycles. The summed E-state index contributed by atoms with van der Waals surface area (Å²) in [7, 11) is 0. The molecule has 0 aliphatic carbocycles. The minimum atomic E-state index is -0.504. The zero-order chi connectivity index (χ0) is 27.2. The van der Waals surface area contributed by atoms with E-state index in [1.807, 2.05) is 12.1 Å². The van der Waals surface area contributed by atoms with Crippen molar-refractivity contribution in [3.05, 3.63) is 116 Å². The van der Waals surface area contributed by atoms with Gasteiger partial charge in [-0.25, -0.2) is 0 Å². The highest BCUT2D eigenvalue weighted by Crippen LogP contribution is 2.38. The smallest absolute Gasteiger partial charge is 0.149 e. The number of ketones is 1. The Morgan fingerprint density at radius 1 is 0.579 bits per heavy atom. The number of rotatable bonds is 10. The highest BCUT2D eigenvalue weighted by Gasteiger charge is 2.31. The van der Waals surface area contributed by atoms with Gasteiger partial charge in [-0.05, 0) is 83.9 Å². The van der Waals surface area contributed by atoms with Crippen molar-refractivity contribution in [3.63, 3.8) is 0 Å². The quantitative estimate of drug-likeness (QED) is 0.153. The first-order valence-corrected chi connectivity index (χ1v) is 15.2. The molecule has 0 fully saturated rings. The number of benzene rings is 4. The first kappa shape index (κ1) is 29.3. The summed E-state index contributed by atoms with van der Waals surface area (Å²) in [6.45, 7) is 0. The van der Waals surface area contributed by atoms with Gasteiger partial charge in [0.25, 0.3) is 0 Å². The van der Waals surface area contributed by atoms with Crippen molar-refractivity contribution in [2.24, 2.45) is 0 Å². The van der Waals surface area contributed by atoms with E-state index in [0.717, 1.165) is 0 Å². The molecule has 0 bridgehead atoms. The van der Waals surface area contributed by atoms with Gasteiger partial charge in [0.05, 0.1) is 11.8 Å². The van der Waals surface area contributed by atoms with Crippen LogP contribution in [0.15, 0.2) is 84.9 Å². The third-order valence-electron chi connectivity index (χ3n) is 5.79. The predicted molar refractivity (Wildman–Crippen MR) is 164 cm³/mol. The lowest BCUT2D eigenvalue weighted by atomic mass is 9.85. The van der Waals surface area contributed by atoms with Crippen molar-refractivity contribution < 1.29 is 14.3 Å². The summed E-state index contributed by atoms with van der Waals surface area (Å²) < 4.78 is 11.7. The number of hydrogen-bond acceptors (Lipinski definition) is 3. The molecule has 196 valence electrons. The zero-order valence-electron chi connectivity index (χ0n) is 19.6. The molecule has 4 aromatic rings. The Morgan fingerprint density at radius 2 is 0.921 bits per heavy atom. The number of halogens is 6. The van der Waals surface area contributed by atoms with Gasteiger partial charge in [-0.2, -0.15) is 0 Å². The molecule has 0 saturated carbocycles. The van der Waals surface area contributed by atoms with Gasteiger partial charge < -0.3 is 9.47 Å². The third kappa shape index (κ3) is 7.26. The molecule has 0 N–H and O–H groups in total. The van der Waals surface area contributed by atoms with E-state index in [1.54, 1.807) is 72.8 Å². The van der Waals surface area contributed by atoms with E-state index >= 15 is 0 Å². The summed E-state index contributed by atoms with van der Waals surface area (Å²) in [6.07, 6.45) is 0. The van der Waals surface area contributed by atoms with Gasteiger partial charge in [0.15, 0.2) is 0 Å². The fraction of sp³-hybridized carbons (Fsp3) is 0.138. The molecule has 9 heteroatoms. The Kier molecular flexibility index (Phi) is 10.4. The molecular weight excluding hydrogens is 698 g/mol. The van der Waals surface area contributed by atoms with Gasteiger partial charge in [0.1, 0.15) is 28.8 Å². The Morgan fingerprint density at radius 3 is 1.24 bits per heavy atom. The number of hydrogen-bond donors (Lipinski definition) is 0. The van der Waals surface area contributed by atoms with Crippen LogP contribution >= 0.6 is 78.3 Å². The molecule has 0 saturated heterocycles. The number of carbonyl (C=O) groups is 1. The Bertz CT molecular complexity index is 1310. The molecule has 38 heavy (non-hydrogen) atoms. The number of Topliss-reactive ketones (excluding diaryl/α,β-unsaturated/α-hetero) is 1. The topological polar surface area (TPSA) is 35.5 Å². The Hall–Kier alpha value is -1.73. The molecule has 0 aromatic heterocycles. The molecule has 0 heterocycles. The molecule has 2 atom stereocenters. The minimum Gasteiger partial charge on any atom is -0.457 e. The van der Waals surface area contributed by atoms with Crippen LogP contribution in [0, 0.1) is 0 Å². The normalized spacial score (nSPS) is 12.6. The molecule has 4 rings (SSSR count). The molecule has 4 aromatic carbocycles. The van der Waals surface area contributed by atoms with Gasteiger partial charge in [0, 0.05) is 30.8 Å². The van der Waals surface area contributed by atoms with E-state index < -0.39 is 11.8 Å². The van der Waals surface area contributed by atoms with Crippen molar-refractivity contribution in [3.8, 4) is 23.0 Å². The molecule has 2 unspecified atom stereocenters. The van der Waals surface area contributed by atoms with Gasteiger partial charge in [-0.3, -0.25) is 4.79 Å². The Balaban J connectivity index is 1.53. The maximum atomic E-state index is 13.8. The third-order valence-corrected chi connectivity index (χ3v) is 8.24. The molecule has 0 amide bonds. The lowest BCUT2D eigenvalue weighted by Crippen LogP contribution is -2.23. The van der Waals surface area contributed by atoms with Crippen molar-refractivity contribution in [1.29, 1.82) is 0 Å². The maximum absolute atomic E-state index is 13.8. The van der Waals surface area contributed by atoms with E-state index in [0.29, 0.717) is 64.9 Å². The van der Waals surface area contributed by atoms with Crippen LogP contribution in [0.1, 0.15) is 23.0 Å². The van der Waals surface area contributed by atoms with E-state index in [4.69, 9.17) is 55.9 Å². The second-order valence-electron chi connectivity index (χ2n) is 8.29. The van der Waals surface area contributed by atoms with Crippen molar-refractivity contribution in [2.75, 3.05) is 10.7 Å². The second-order valence-corrected chi connectivity index (χ2v) is 11.3. The highest BCUT2D eigenvalue weighted by atomic mass is 79.9. The van der Waals surface area contributed by atoms with Crippen LogP contribution in [0.2, 0.25) is 20.1 Å². The molecular formula is C29H20Br2Cl4O3. The van der Waals surface area contributed by atoms with Crippen LogP contribution in [-0.2, 0) is 4.79 Å². The number of alkyl halides is 2. The molecule has 0 spiro atoms. The van der Waals surface area contributed by atoms with E-state index in [-0.39, 0.29) is 5.78 Å². The van der Waals surface area contributed by atoms with Crippen LogP contribution < -0.4 is 9.47 Å². The van der Waals surface area contributed by atoms with E-state index in [1.165, 1.54) is 0 Å². The first-order valence-electron chi connectivity index (χ1n) is 11.4. The average molecular weight is 718 g/mol. The van der Waals surface area contributed by atoms with Crippen molar-refractivity contribution in [2.45, 2.75) is 11.8 Å². The van der Waals surface area contributed by atoms with Crippen LogP contribution in [-0.4, -0.2) is 16.4 Å². The molecule has 0 radical (unpaired) electrons. The van der Waals surface area contributed by atoms with E-state index in [2.05, 4.69) is 31.9 Å². The largest absolute Gasteiger partial charge is 0.457 e.